The molecule has 0 unspecified atom stereocenters. The van der Waals surface area contributed by atoms with Gasteiger partial charge in [0.2, 0.25) is 11.8 Å². The van der Waals surface area contributed by atoms with E-state index in [9.17, 15) is 30.0 Å². The van der Waals surface area contributed by atoms with E-state index in [1.807, 2.05) is 48.5 Å². The Morgan fingerprint density at radius 2 is 1.62 bits per heavy atom. The summed E-state index contributed by atoms with van der Waals surface area (Å²) in [5.74, 6) is -2.32. The molecule has 0 bridgehead atoms. The van der Waals surface area contributed by atoms with Gasteiger partial charge in [-0.25, -0.2) is 0 Å². The second kappa shape index (κ2) is 15.2. The van der Waals surface area contributed by atoms with Crippen LogP contribution in [0.3, 0.4) is 0 Å². The zero-order chi connectivity index (χ0) is 33.8. The molecule has 2 fully saturated rings. The molecule has 0 radical (unpaired) electrons. The molecular formula is C40H48N2O6. The van der Waals surface area contributed by atoms with E-state index in [-0.39, 0.29) is 43.2 Å². The molecule has 8 nitrogen and oxygen atoms in total. The fraction of sp³-hybridized carbons (Fsp3) is 0.450. The van der Waals surface area contributed by atoms with Crippen LogP contribution in [0.4, 0.5) is 0 Å². The van der Waals surface area contributed by atoms with Crippen molar-refractivity contribution in [2.45, 2.75) is 70.6 Å². The normalized spacial score (nSPS) is 23.3. The molecule has 8 heteroatoms. The number of fused-ring (bicyclic) bond motifs is 2. The third-order valence-corrected chi connectivity index (χ3v) is 10.7. The number of benzene rings is 3. The van der Waals surface area contributed by atoms with Crippen molar-refractivity contribution in [1.29, 1.82) is 0 Å². The first kappa shape index (κ1) is 34.1. The molecule has 2 saturated heterocycles. The number of carbonyl (C=O) groups is 2. The Hall–Kier alpha value is -3.82. The second-order valence-corrected chi connectivity index (χ2v) is 13.7. The summed E-state index contributed by atoms with van der Waals surface area (Å²) in [6.07, 6.45) is 5.46. The molecule has 1 aliphatic carbocycles. The van der Waals surface area contributed by atoms with E-state index in [2.05, 4.69) is 30.0 Å². The monoisotopic (exact) mass is 652 g/mol. The van der Waals surface area contributed by atoms with Gasteiger partial charge in [-0.2, -0.15) is 0 Å². The first-order valence-corrected chi connectivity index (χ1v) is 17.5. The summed E-state index contributed by atoms with van der Waals surface area (Å²) in [6.45, 7) is 3.80. The molecule has 0 spiro atoms. The minimum Gasteiger partial charge on any atom is -0.507 e. The van der Waals surface area contributed by atoms with Gasteiger partial charge in [0.15, 0.2) is 0 Å². The Bertz CT molecular complexity index is 1680. The first-order valence-electron chi connectivity index (χ1n) is 17.5. The van der Waals surface area contributed by atoms with Gasteiger partial charge in [0.1, 0.15) is 5.75 Å². The molecule has 48 heavy (non-hydrogen) atoms. The summed E-state index contributed by atoms with van der Waals surface area (Å²) in [5, 5.41) is 44.9. The van der Waals surface area contributed by atoms with Crippen molar-refractivity contribution in [1.82, 2.24) is 9.80 Å². The standard InChI is InChI=1S/C40H48N2O6/c1-2-8-26(21-28-14-16-35(45)32-12-7-6-11-31(28)32)13-15-36(46)37-29(24-43)22-33-38(34(37)25-44)40(48)42(39(33)47)30-17-19-41(20-18-30)23-27-9-4-3-5-10-27/h3-7,9-12,14,16,21,30,33-34,36,38,43-46H,2,8,13,15,17-20,22-25H2,1H3/b26-21+/t33-,34+,36-,38-/m1/s1. The number of imide groups is 1. The summed E-state index contributed by atoms with van der Waals surface area (Å²) in [5.41, 5.74) is 4.46. The molecule has 6 rings (SSSR count). The molecule has 0 aromatic heterocycles. The Kier molecular flexibility index (Phi) is 10.8. The lowest BCUT2D eigenvalue weighted by molar-refractivity contribution is -0.144. The van der Waals surface area contributed by atoms with Crippen LogP contribution in [0.5, 0.6) is 5.75 Å². The van der Waals surface area contributed by atoms with Gasteiger partial charge in [-0.05, 0) is 72.3 Å². The van der Waals surface area contributed by atoms with Crippen LogP contribution in [0.2, 0.25) is 0 Å². The average Bonchev–Trinajstić information content (AvgIpc) is 3.36. The smallest absolute Gasteiger partial charge is 0.234 e. The zero-order valence-corrected chi connectivity index (χ0v) is 27.8. The van der Waals surface area contributed by atoms with Crippen molar-refractivity contribution in [3.05, 3.63) is 94.6 Å². The summed E-state index contributed by atoms with van der Waals surface area (Å²) < 4.78 is 0. The minimum atomic E-state index is -0.972. The van der Waals surface area contributed by atoms with Gasteiger partial charge in [-0.3, -0.25) is 19.4 Å². The number of aliphatic hydroxyl groups excluding tert-OH is 3. The van der Waals surface area contributed by atoms with Crippen LogP contribution < -0.4 is 0 Å². The molecule has 4 atom stereocenters. The van der Waals surface area contributed by atoms with Crippen molar-refractivity contribution >= 4 is 28.7 Å². The number of piperidine rings is 1. The molecule has 4 N–H and O–H groups in total. The molecule has 2 amide bonds. The highest BCUT2D eigenvalue weighted by molar-refractivity contribution is 6.06. The van der Waals surface area contributed by atoms with Crippen LogP contribution in [0, 0.1) is 17.8 Å². The number of rotatable bonds is 12. The number of amides is 2. The molecule has 2 aliphatic heterocycles. The van der Waals surface area contributed by atoms with Crippen molar-refractivity contribution in [2.75, 3.05) is 26.3 Å². The molecule has 3 aromatic carbocycles. The lowest BCUT2D eigenvalue weighted by Crippen LogP contribution is -2.47. The fourth-order valence-corrected chi connectivity index (χ4v) is 8.39. The van der Waals surface area contributed by atoms with Gasteiger partial charge in [0.25, 0.3) is 0 Å². The number of hydrogen-bond donors (Lipinski definition) is 4. The van der Waals surface area contributed by atoms with Crippen LogP contribution in [0.15, 0.2) is 83.4 Å². The third kappa shape index (κ3) is 6.85. The molecule has 3 aromatic rings. The van der Waals surface area contributed by atoms with E-state index < -0.39 is 23.9 Å². The maximum atomic E-state index is 14.0. The summed E-state index contributed by atoms with van der Waals surface area (Å²) >= 11 is 0. The van der Waals surface area contributed by atoms with E-state index in [4.69, 9.17) is 0 Å². The van der Waals surface area contributed by atoms with Gasteiger partial charge in [0, 0.05) is 37.0 Å². The maximum absolute atomic E-state index is 14.0. The number of carbonyl (C=O) groups excluding carboxylic acids is 2. The van der Waals surface area contributed by atoms with Gasteiger partial charge >= 0.3 is 0 Å². The van der Waals surface area contributed by atoms with Crippen LogP contribution in [-0.2, 0) is 16.1 Å². The van der Waals surface area contributed by atoms with Gasteiger partial charge in [-0.1, -0.05) is 85.7 Å². The fourth-order valence-electron chi connectivity index (χ4n) is 8.39. The van der Waals surface area contributed by atoms with Crippen molar-refractivity contribution in [2.24, 2.45) is 17.8 Å². The summed E-state index contributed by atoms with van der Waals surface area (Å²) in [7, 11) is 0. The van der Waals surface area contributed by atoms with Gasteiger partial charge < -0.3 is 20.4 Å². The predicted octanol–water partition coefficient (Wildman–Crippen LogP) is 5.44. The largest absolute Gasteiger partial charge is 0.507 e. The predicted molar refractivity (Wildman–Crippen MR) is 187 cm³/mol. The quantitative estimate of drug-likeness (QED) is 0.152. The number of nitrogens with zero attached hydrogens (tertiary/aromatic N) is 2. The molecular weight excluding hydrogens is 604 g/mol. The Morgan fingerprint density at radius 3 is 2.31 bits per heavy atom. The number of aromatic hydroxyl groups is 1. The molecule has 2 heterocycles. The van der Waals surface area contributed by atoms with E-state index >= 15 is 0 Å². The number of likely N-dealkylation sites (tertiary alicyclic amines) is 2. The van der Waals surface area contributed by atoms with Crippen LogP contribution in [-0.4, -0.2) is 80.5 Å². The lowest BCUT2D eigenvalue weighted by atomic mass is 9.68. The van der Waals surface area contributed by atoms with Crippen molar-refractivity contribution in [3.8, 4) is 5.75 Å². The van der Waals surface area contributed by atoms with Crippen LogP contribution in [0.1, 0.15) is 63.0 Å². The topological polar surface area (TPSA) is 122 Å². The highest BCUT2D eigenvalue weighted by Gasteiger charge is 2.56. The van der Waals surface area contributed by atoms with E-state index in [1.54, 1.807) is 6.07 Å². The van der Waals surface area contributed by atoms with Gasteiger partial charge in [0.05, 0.1) is 31.2 Å². The van der Waals surface area contributed by atoms with Crippen LogP contribution in [0.25, 0.3) is 16.8 Å². The van der Waals surface area contributed by atoms with E-state index in [0.717, 1.165) is 54.4 Å². The molecule has 3 aliphatic rings. The second-order valence-electron chi connectivity index (χ2n) is 13.7. The van der Waals surface area contributed by atoms with Crippen molar-refractivity contribution < 1.29 is 30.0 Å². The maximum Gasteiger partial charge on any atom is 0.234 e. The van der Waals surface area contributed by atoms with Crippen LogP contribution >= 0.6 is 0 Å². The lowest BCUT2D eigenvalue weighted by Gasteiger charge is -2.36. The van der Waals surface area contributed by atoms with E-state index in [0.29, 0.717) is 36.8 Å². The van der Waals surface area contributed by atoms with Gasteiger partial charge in [-0.15, -0.1) is 0 Å². The minimum absolute atomic E-state index is 0.189. The highest BCUT2D eigenvalue weighted by atomic mass is 16.3. The summed E-state index contributed by atoms with van der Waals surface area (Å²) in [4.78, 5) is 31.7. The molecule has 0 saturated carbocycles. The Morgan fingerprint density at radius 1 is 0.917 bits per heavy atom. The summed E-state index contributed by atoms with van der Waals surface area (Å²) in [6, 6.07) is 21.4. The van der Waals surface area contributed by atoms with E-state index in [1.165, 1.54) is 10.5 Å². The SMILES string of the molecule is CCC/C(=C\c1ccc(O)c2ccccc12)CC[C@@H](O)C1=C(CO)C[C@H]2C(=O)N(C3CCN(Cc4ccccc4)CC3)C(=O)[C@H]2[C@H]1CO. The third-order valence-electron chi connectivity index (χ3n) is 10.7. The average molecular weight is 653 g/mol. The molecule has 254 valence electrons. The number of hydrogen-bond acceptors (Lipinski definition) is 7. The number of phenols is 1. The Balaban J connectivity index is 1.16. The first-order chi connectivity index (χ1) is 23.3. The highest BCUT2D eigenvalue weighted by Crippen LogP contribution is 2.47. The zero-order valence-electron chi connectivity index (χ0n) is 27.8. The number of aliphatic hydroxyl groups is 3. The number of phenolic OH excluding ortho intramolecular Hbond substituents is 1. The Labute approximate surface area is 283 Å². The number of allylic oxidation sites excluding steroid dienone is 1. The van der Waals surface area contributed by atoms with Crippen molar-refractivity contribution in [3.63, 3.8) is 0 Å².